The number of aromatic nitrogens is 2. The highest BCUT2D eigenvalue weighted by Gasteiger charge is 2.25. The van der Waals surface area contributed by atoms with Gasteiger partial charge in [0.05, 0.1) is 17.4 Å². The zero-order valence-corrected chi connectivity index (χ0v) is 19.9. The molecule has 2 aromatic rings. The van der Waals surface area contributed by atoms with Crippen LogP contribution in [0.2, 0.25) is 0 Å². The van der Waals surface area contributed by atoms with Gasteiger partial charge in [0.1, 0.15) is 5.82 Å². The van der Waals surface area contributed by atoms with Crippen LogP contribution in [0.15, 0.2) is 23.0 Å². The Balaban J connectivity index is 1.46. The number of hydrogen-bond donors (Lipinski definition) is 0. The lowest BCUT2D eigenvalue weighted by atomic mass is 10.1. The maximum Gasteiger partial charge on any atom is 0.261 e. The molecule has 1 saturated heterocycles. The lowest BCUT2D eigenvalue weighted by molar-refractivity contribution is -0.132. The predicted octanol–water partition coefficient (Wildman–Crippen LogP) is 2.14. The molecule has 1 aromatic heterocycles. The van der Waals surface area contributed by atoms with Crippen LogP contribution >= 0.6 is 0 Å². The number of amides is 2. The number of fused-ring (bicyclic) bond motifs is 2. The molecule has 0 radical (unpaired) electrons. The minimum absolute atomic E-state index is 0.00221. The average Bonchev–Trinajstić information content (AvgIpc) is 2.81. The van der Waals surface area contributed by atoms with Crippen LogP contribution in [0.5, 0.6) is 0 Å². The van der Waals surface area contributed by atoms with Crippen molar-refractivity contribution in [1.29, 1.82) is 0 Å². The maximum atomic E-state index is 13.2. The van der Waals surface area contributed by atoms with Crippen molar-refractivity contribution in [3.8, 4) is 0 Å². The molecule has 2 amide bonds. The maximum absolute atomic E-state index is 13.2. The van der Waals surface area contributed by atoms with E-state index in [1.165, 1.54) is 6.42 Å². The zero-order chi connectivity index (χ0) is 23.4. The fraction of sp³-hybridized carbons (Fsp3) is 0.600. The van der Waals surface area contributed by atoms with Crippen molar-refractivity contribution in [2.24, 2.45) is 0 Å². The fourth-order valence-electron chi connectivity index (χ4n) is 4.89. The summed E-state index contributed by atoms with van der Waals surface area (Å²) >= 11 is 0. The molecule has 8 nitrogen and oxygen atoms in total. The summed E-state index contributed by atoms with van der Waals surface area (Å²) < 4.78 is 1.82. The molecule has 8 heteroatoms. The summed E-state index contributed by atoms with van der Waals surface area (Å²) in [5, 5.41) is 0.579. The van der Waals surface area contributed by atoms with Crippen LogP contribution < -0.4 is 5.56 Å². The van der Waals surface area contributed by atoms with E-state index < -0.39 is 0 Å². The second-order valence-electron chi connectivity index (χ2n) is 9.02. The quantitative estimate of drug-likeness (QED) is 0.693. The van der Waals surface area contributed by atoms with E-state index >= 15 is 0 Å². The first-order valence-corrected chi connectivity index (χ1v) is 12.3. The van der Waals surface area contributed by atoms with E-state index in [1.54, 1.807) is 18.2 Å². The van der Waals surface area contributed by atoms with Gasteiger partial charge in [0.25, 0.3) is 11.5 Å². The predicted molar refractivity (Wildman–Crippen MR) is 128 cm³/mol. The van der Waals surface area contributed by atoms with Crippen molar-refractivity contribution < 1.29 is 9.59 Å². The van der Waals surface area contributed by atoms with Crippen LogP contribution in [0.1, 0.15) is 55.7 Å². The zero-order valence-electron chi connectivity index (χ0n) is 19.9. The highest BCUT2D eigenvalue weighted by atomic mass is 16.2. The third kappa shape index (κ3) is 5.11. The van der Waals surface area contributed by atoms with Crippen LogP contribution in [0.25, 0.3) is 10.9 Å². The van der Waals surface area contributed by atoms with Gasteiger partial charge in [0.2, 0.25) is 5.91 Å². The molecule has 0 spiro atoms. The Morgan fingerprint density at radius 3 is 2.42 bits per heavy atom. The fourth-order valence-corrected chi connectivity index (χ4v) is 4.89. The molecule has 0 saturated carbocycles. The second kappa shape index (κ2) is 10.5. The molecule has 0 bridgehead atoms. The Kier molecular flexibility index (Phi) is 7.42. The molecule has 1 aromatic carbocycles. The van der Waals surface area contributed by atoms with E-state index in [9.17, 15) is 14.4 Å². The van der Waals surface area contributed by atoms with Crippen LogP contribution in [0, 0.1) is 0 Å². The van der Waals surface area contributed by atoms with Gasteiger partial charge in [-0.2, -0.15) is 0 Å². The summed E-state index contributed by atoms with van der Waals surface area (Å²) in [6.45, 7) is 9.07. The molecule has 2 aliphatic heterocycles. The molecule has 3 heterocycles. The summed E-state index contributed by atoms with van der Waals surface area (Å²) in [5.74, 6) is 0.935. The number of nitrogens with zero attached hydrogens (tertiary/aromatic N) is 5. The molecule has 4 rings (SSSR count). The summed E-state index contributed by atoms with van der Waals surface area (Å²) in [7, 11) is 0. The first-order valence-electron chi connectivity index (χ1n) is 12.3. The van der Waals surface area contributed by atoms with E-state index in [-0.39, 0.29) is 17.4 Å². The van der Waals surface area contributed by atoms with Crippen molar-refractivity contribution in [2.75, 3.05) is 45.8 Å². The second-order valence-corrected chi connectivity index (χ2v) is 9.02. The molecule has 0 unspecified atom stereocenters. The summed E-state index contributed by atoms with van der Waals surface area (Å²) in [4.78, 5) is 49.1. The summed E-state index contributed by atoms with van der Waals surface area (Å²) in [6, 6.07) is 5.28. The summed E-state index contributed by atoms with van der Waals surface area (Å²) in [6.07, 6.45) is 5.16. The molecule has 0 N–H and O–H groups in total. The normalized spacial score (nSPS) is 17.3. The third-order valence-electron chi connectivity index (χ3n) is 6.95. The Labute approximate surface area is 195 Å². The first-order chi connectivity index (χ1) is 16.0. The van der Waals surface area contributed by atoms with Gasteiger partial charge in [-0.15, -0.1) is 0 Å². The number of carbonyl (C=O) groups is 2. The van der Waals surface area contributed by atoms with Gasteiger partial charge in [-0.25, -0.2) is 4.98 Å². The highest BCUT2D eigenvalue weighted by Crippen LogP contribution is 2.18. The van der Waals surface area contributed by atoms with E-state index in [1.807, 2.05) is 28.2 Å². The Morgan fingerprint density at radius 2 is 1.70 bits per heavy atom. The number of carbonyl (C=O) groups excluding carboxylic acids is 2. The van der Waals surface area contributed by atoms with Crippen molar-refractivity contribution in [3.05, 3.63) is 39.9 Å². The largest absolute Gasteiger partial charge is 0.342 e. The van der Waals surface area contributed by atoms with Gasteiger partial charge in [0.15, 0.2) is 0 Å². The monoisotopic (exact) mass is 453 g/mol. The summed E-state index contributed by atoms with van der Waals surface area (Å²) in [5.41, 5.74) is 1.18. The van der Waals surface area contributed by atoms with Crippen molar-refractivity contribution in [1.82, 2.24) is 24.3 Å². The van der Waals surface area contributed by atoms with Gasteiger partial charge < -0.3 is 9.80 Å². The van der Waals surface area contributed by atoms with Gasteiger partial charge in [-0.05, 0) is 44.9 Å². The number of hydrogen-bond acceptors (Lipinski definition) is 5. The lowest BCUT2D eigenvalue weighted by Crippen LogP contribution is -2.51. The van der Waals surface area contributed by atoms with Crippen LogP contribution in [0.4, 0.5) is 0 Å². The van der Waals surface area contributed by atoms with Crippen molar-refractivity contribution in [3.63, 3.8) is 0 Å². The number of rotatable bonds is 5. The van der Waals surface area contributed by atoms with Crippen molar-refractivity contribution >= 4 is 22.7 Å². The molecule has 178 valence electrons. The van der Waals surface area contributed by atoms with Gasteiger partial charge in [-0.3, -0.25) is 23.9 Å². The molecule has 0 atom stereocenters. The van der Waals surface area contributed by atoms with Crippen LogP contribution in [-0.2, 0) is 17.8 Å². The van der Waals surface area contributed by atoms with Crippen molar-refractivity contribution in [2.45, 2.75) is 52.5 Å². The van der Waals surface area contributed by atoms with Gasteiger partial charge in [0, 0.05) is 57.8 Å². The standard InChI is InChI=1S/C25H35N5O3/c1-3-28(4-2)23(31)18-27-13-15-29(16-14-27)24(32)19-10-11-20-21(17-19)26-22-9-7-5-6-8-12-30(22)25(20)33/h10-11,17H,3-9,12-16,18H2,1-2H3. The minimum atomic E-state index is -0.0414. The minimum Gasteiger partial charge on any atom is -0.342 e. The van der Waals surface area contributed by atoms with Gasteiger partial charge in [-0.1, -0.05) is 12.8 Å². The Hall–Kier alpha value is -2.74. The van der Waals surface area contributed by atoms with E-state index in [0.717, 1.165) is 51.1 Å². The smallest absolute Gasteiger partial charge is 0.261 e. The number of piperazine rings is 1. The molecule has 1 fully saturated rings. The molecule has 33 heavy (non-hydrogen) atoms. The molecular formula is C25H35N5O3. The highest BCUT2D eigenvalue weighted by molar-refractivity contribution is 5.97. The lowest BCUT2D eigenvalue weighted by Gasteiger charge is -2.35. The number of benzene rings is 1. The van der Waals surface area contributed by atoms with E-state index in [2.05, 4.69) is 4.90 Å². The Bertz CT molecular complexity index is 1070. The average molecular weight is 454 g/mol. The number of likely N-dealkylation sites (N-methyl/N-ethyl adjacent to an activating group) is 1. The molecule has 0 aliphatic carbocycles. The SMILES string of the molecule is CCN(CC)C(=O)CN1CCN(C(=O)c2ccc3c(=O)n4c(nc3c2)CCCCCC4)CC1. The van der Waals surface area contributed by atoms with E-state index in [0.29, 0.717) is 49.2 Å². The molecular weight excluding hydrogens is 418 g/mol. The van der Waals surface area contributed by atoms with E-state index in [4.69, 9.17) is 4.98 Å². The first kappa shape index (κ1) is 23.4. The third-order valence-corrected chi connectivity index (χ3v) is 6.95. The molecule has 2 aliphatic rings. The van der Waals surface area contributed by atoms with Crippen LogP contribution in [0.3, 0.4) is 0 Å². The Morgan fingerprint density at radius 1 is 0.970 bits per heavy atom. The topological polar surface area (TPSA) is 78.8 Å². The van der Waals surface area contributed by atoms with Crippen LogP contribution in [-0.4, -0.2) is 81.9 Å². The number of aryl methyl sites for hydroxylation is 1. The van der Waals surface area contributed by atoms with Gasteiger partial charge >= 0.3 is 0 Å².